The first kappa shape index (κ1) is 19.7. The van der Waals surface area contributed by atoms with Crippen LogP contribution in [0.4, 0.5) is 0 Å². The molecule has 2 aromatic carbocycles. The monoisotopic (exact) mass is 545 g/mol. The Bertz CT molecular complexity index is 791. The average molecular weight is 545 g/mol. The van der Waals surface area contributed by atoms with Crippen LogP contribution in [0.2, 0.25) is 0 Å². The van der Waals surface area contributed by atoms with Gasteiger partial charge in [0.25, 0.3) is 0 Å². The van der Waals surface area contributed by atoms with Gasteiger partial charge in [0.05, 0.1) is 17.7 Å². The largest absolute Gasteiger partial charge is 0.393 e. The first-order valence-corrected chi connectivity index (χ1v) is 9.73. The summed E-state index contributed by atoms with van der Waals surface area (Å²) in [6, 6.07) is 19.3. The molecule has 2 atom stereocenters. The minimum atomic E-state index is -0.206. The summed E-state index contributed by atoms with van der Waals surface area (Å²) in [5.41, 5.74) is 2.13. The normalized spacial score (nSPS) is 26.7. The van der Waals surface area contributed by atoms with E-state index in [-0.39, 0.29) is 38.2 Å². The molecule has 2 fully saturated rings. The van der Waals surface area contributed by atoms with E-state index in [1.807, 2.05) is 42.5 Å². The molecule has 2 aliphatic carbocycles. The molecule has 1 radical (unpaired) electrons. The molecule has 5 rings (SSSR count). The van der Waals surface area contributed by atoms with Crippen LogP contribution in [-0.4, -0.2) is 27.4 Å². The van der Waals surface area contributed by atoms with Crippen LogP contribution >= 0.6 is 11.3 Å². The summed E-state index contributed by atoms with van der Waals surface area (Å²) in [7, 11) is 0. The van der Waals surface area contributed by atoms with Gasteiger partial charge in [-0.25, -0.2) is 0 Å². The topological polar surface area (TPSA) is 53.4 Å². The molecule has 3 aromatic rings. The van der Waals surface area contributed by atoms with Crippen molar-refractivity contribution in [2.75, 3.05) is 0 Å². The second-order valence-electron chi connectivity index (χ2n) is 6.89. The second kappa shape index (κ2) is 8.73. The van der Waals surface area contributed by atoms with Crippen molar-refractivity contribution in [3.05, 3.63) is 54.6 Å². The summed E-state index contributed by atoms with van der Waals surface area (Å²) in [6.07, 6.45) is 3.66. The van der Waals surface area contributed by atoms with Gasteiger partial charge in [-0.05, 0) is 43.7 Å². The molecule has 2 unspecified atom stereocenters. The number of aromatic nitrogens is 1. The van der Waals surface area contributed by atoms with Crippen LogP contribution in [0.5, 0.6) is 0 Å². The van der Waals surface area contributed by atoms with Crippen molar-refractivity contribution in [3.8, 4) is 10.6 Å². The molecule has 139 valence electrons. The Morgan fingerprint density at radius 2 is 1.62 bits per heavy atom. The number of thiazole rings is 1. The Morgan fingerprint density at radius 3 is 2.23 bits per heavy atom. The summed E-state index contributed by atoms with van der Waals surface area (Å²) < 4.78 is 1.23. The number of para-hydroxylation sites is 1. The van der Waals surface area contributed by atoms with E-state index in [2.05, 4.69) is 17.1 Å². The van der Waals surface area contributed by atoms with Crippen molar-refractivity contribution in [2.45, 2.75) is 37.9 Å². The molecule has 0 aliphatic heterocycles. The fourth-order valence-electron chi connectivity index (χ4n) is 4.08. The van der Waals surface area contributed by atoms with Gasteiger partial charge in [0.2, 0.25) is 0 Å². The minimum absolute atomic E-state index is 0. The number of rotatable bonds is 1. The van der Waals surface area contributed by atoms with E-state index in [0.717, 1.165) is 41.8 Å². The number of benzene rings is 2. The maximum Gasteiger partial charge on any atom is 0.0697 e. The van der Waals surface area contributed by atoms with Gasteiger partial charge in [0, 0.05) is 35.7 Å². The first-order chi connectivity index (χ1) is 12.2. The minimum Gasteiger partial charge on any atom is -0.393 e. The number of aliphatic hydroxyl groups is 2. The molecule has 26 heavy (non-hydrogen) atoms. The van der Waals surface area contributed by atoms with E-state index in [0.29, 0.717) is 5.92 Å². The number of hydrogen-bond donors (Lipinski definition) is 2. The summed E-state index contributed by atoms with van der Waals surface area (Å²) in [4.78, 5) is 4.57. The van der Waals surface area contributed by atoms with Crippen LogP contribution in [0.15, 0.2) is 48.5 Å². The molecule has 1 aromatic heterocycles. The van der Waals surface area contributed by atoms with Gasteiger partial charge in [-0.15, -0.1) is 35.9 Å². The zero-order valence-electron chi connectivity index (χ0n) is 14.3. The van der Waals surface area contributed by atoms with E-state index in [1.54, 1.807) is 11.3 Å². The van der Waals surface area contributed by atoms with Gasteiger partial charge in [0.15, 0.2) is 0 Å². The van der Waals surface area contributed by atoms with E-state index >= 15 is 0 Å². The van der Waals surface area contributed by atoms with Crippen molar-refractivity contribution in [1.29, 1.82) is 0 Å². The van der Waals surface area contributed by atoms with Gasteiger partial charge in [0.1, 0.15) is 0 Å². The van der Waals surface area contributed by atoms with Crippen LogP contribution in [-0.2, 0) is 20.1 Å². The Morgan fingerprint density at radius 1 is 0.923 bits per heavy atom. The maximum atomic E-state index is 9.41. The quantitative estimate of drug-likeness (QED) is 0.450. The van der Waals surface area contributed by atoms with Crippen molar-refractivity contribution >= 4 is 21.6 Å². The molecular weight excluding hydrogens is 523 g/mol. The molecule has 0 spiro atoms. The molecule has 2 aliphatic rings. The molecule has 0 bridgehead atoms. The number of nitrogens with zero attached hydrogens (tertiary/aromatic N) is 1. The summed E-state index contributed by atoms with van der Waals surface area (Å²) >= 11 is 1.71. The van der Waals surface area contributed by atoms with E-state index < -0.39 is 0 Å². The molecule has 3 nitrogen and oxygen atoms in total. The number of hydrogen-bond acceptors (Lipinski definition) is 4. The third-order valence-corrected chi connectivity index (χ3v) is 6.40. The standard InChI is InChI=1S/C13H8NS.C8H14O2.Ir/c1-2-6-10(7-3-1)13-14-11-8-4-5-9-12(11)15-13;9-6-3-1-5-2-4-7(10)8(5)6;/h1-6,8-9H;5-10H,1-4H2;/q-1;;. The number of aliphatic hydroxyl groups excluding tert-OH is 2. The SMILES string of the molecule is OC1CCC2CCC(O)C12.[Ir].[c-]1ccccc1-c1nc2ccccc2s1. The van der Waals surface area contributed by atoms with Gasteiger partial charge >= 0.3 is 0 Å². The summed E-state index contributed by atoms with van der Waals surface area (Å²) in [5.74, 6) is 0.852. The first-order valence-electron chi connectivity index (χ1n) is 8.91. The van der Waals surface area contributed by atoms with Gasteiger partial charge < -0.3 is 10.2 Å². The van der Waals surface area contributed by atoms with E-state index in [4.69, 9.17) is 0 Å². The van der Waals surface area contributed by atoms with Crippen molar-refractivity contribution < 1.29 is 30.3 Å². The van der Waals surface area contributed by atoms with Crippen molar-refractivity contribution in [1.82, 2.24) is 4.98 Å². The third kappa shape index (κ3) is 4.08. The Balaban J connectivity index is 0.000000156. The number of fused-ring (bicyclic) bond motifs is 2. The van der Waals surface area contributed by atoms with Crippen LogP contribution in [0.25, 0.3) is 20.8 Å². The van der Waals surface area contributed by atoms with Crippen LogP contribution in [0.3, 0.4) is 0 Å². The Kier molecular flexibility index (Phi) is 6.60. The molecule has 0 saturated heterocycles. The van der Waals surface area contributed by atoms with Gasteiger partial charge in [-0.2, -0.15) is 11.3 Å². The predicted molar refractivity (Wildman–Crippen MR) is 101 cm³/mol. The zero-order valence-corrected chi connectivity index (χ0v) is 17.6. The molecule has 0 amide bonds. The molecule has 1 heterocycles. The summed E-state index contributed by atoms with van der Waals surface area (Å²) in [6.45, 7) is 0. The van der Waals surface area contributed by atoms with Crippen LogP contribution in [0, 0.1) is 17.9 Å². The summed E-state index contributed by atoms with van der Waals surface area (Å²) in [5, 5.41) is 19.9. The maximum absolute atomic E-state index is 9.41. The predicted octanol–water partition coefficient (Wildman–Crippen LogP) is 4.29. The van der Waals surface area contributed by atoms with Crippen LogP contribution < -0.4 is 0 Å². The fourth-order valence-corrected chi connectivity index (χ4v) is 5.04. The van der Waals surface area contributed by atoms with Crippen LogP contribution in [0.1, 0.15) is 25.7 Å². The second-order valence-corrected chi connectivity index (χ2v) is 7.92. The van der Waals surface area contributed by atoms with Gasteiger partial charge in [-0.1, -0.05) is 12.1 Å². The fraction of sp³-hybridized carbons (Fsp3) is 0.381. The van der Waals surface area contributed by atoms with Crippen molar-refractivity contribution in [3.63, 3.8) is 0 Å². The van der Waals surface area contributed by atoms with E-state index in [1.165, 1.54) is 4.70 Å². The smallest absolute Gasteiger partial charge is 0.0697 e. The Labute approximate surface area is 171 Å². The third-order valence-electron chi connectivity index (χ3n) is 5.33. The van der Waals surface area contributed by atoms with E-state index in [9.17, 15) is 10.2 Å². The molecule has 2 saturated carbocycles. The van der Waals surface area contributed by atoms with Crippen molar-refractivity contribution in [2.24, 2.45) is 11.8 Å². The van der Waals surface area contributed by atoms with Gasteiger partial charge in [-0.3, -0.25) is 4.98 Å². The Hall–Kier alpha value is -1.10. The average Bonchev–Trinajstić information content (AvgIpc) is 3.34. The zero-order chi connectivity index (χ0) is 17.2. The molecule has 5 heteroatoms. The molecular formula is C21H22IrNO2S-. The molecule has 2 N–H and O–H groups in total.